The van der Waals surface area contributed by atoms with E-state index in [1.807, 2.05) is 0 Å². The van der Waals surface area contributed by atoms with E-state index in [-0.39, 0.29) is 11.6 Å². The Bertz CT molecular complexity index is 643. The molecule has 2 amide bonds. The number of carbonyl (C=O) groups is 1. The van der Waals surface area contributed by atoms with Gasteiger partial charge >= 0.3 is 6.03 Å². The molecule has 4 aliphatic carbocycles. The fourth-order valence-corrected chi connectivity index (χ4v) is 5.82. The summed E-state index contributed by atoms with van der Waals surface area (Å²) in [5.74, 6) is 3.95. The number of hydrogen-bond donors (Lipinski definition) is 2. The fourth-order valence-electron chi connectivity index (χ4n) is 5.82. The Morgan fingerprint density at radius 3 is 1.85 bits per heavy atom. The number of rotatable bonds is 5. The molecule has 0 aliphatic heterocycles. The second-order valence-electron chi connectivity index (χ2n) is 8.19. The van der Waals surface area contributed by atoms with Crippen molar-refractivity contribution < 1.29 is 19.0 Å². The molecule has 2 N–H and O–H groups in total. The van der Waals surface area contributed by atoms with Gasteiger partial charge in [0.2, 0.25) is 5.75 Å². The number of methoxy groups -OCH3 is 3. The molecule has 6 nitrogen and oxygen atoms in total. The number of carbonyl (C=O) groups excluding carboxylic acids is 1. The van der Waals surface area contributed by atoms with Crippen LogP contribution in [0, 0.1) is 17.8 Å². The Balaban J connectivity index is 1.48. The van der Waals surface area contributed by atoms with Crippen LogP contribution in [-0.2, 0) is 0 Å². The first kappa shape index (κ1) is 17.3. The monoisotopic (exact) mass is 360 g/mol. The van der Waals surface area contributed by atoms with Crippen LogP contribution in [0.3, 0.4) is 0 Å². The molecule has 4 bridgehead atoms. The molecule has 1 aromatic carbocycles. The Labute approximate surface area is 154 Å². The van der Waals surface area contributed by atoms with Crippen LogP contribution in [0.1, 0.15) is 38.5 Å². The Morgan fingerprint density at radius 2 is 1.42 bits per heavy atom. The normalized spacial score (nSPS) is 31.4. The fraction of sp³-hybridized carbons (Fsp3) is 0.650. The smallest absolute Gasteiger partial charge is 0.319 e. The minimum atomic E-state index is -0.152. The highest BCUT2D eigenvalue weighted by Crippen LogP contribution is 2.55. The first-order chi connectivity index (χ1) is 12.5. The molecule has 0 spiro atoms. The standard InChI is InChI=1S/C20H28N2O4/c1-24-16-7-15(8-17(25-2)18(16)26-3)21-19(23)22-20-9-12-4-13(10-20)6-14(5-12)11-20/h7-8,12-14H,4-6,9-11H2,1-3H3,(H2,21,22,23). The molecule has 142 valence electrons. The lowest BCUT2D eigenvalue weighted by Crippen LogP contribution is -2.60. The number of benzene rings is 1. The largest absolute Gasteiger partial charge is 0.493 e. The van der Waals surface area contributed by atoms with Gasteiger partial charge in [-0.1, -0.05) is 0 Å². The maximum atomic E-state index is 12.7. The quantitative estimate of drug-likeness (QED) is 0.838. The molecule has 0 atom stereocenters. The summed E-state index contributed by atoms with van der Waals surface area (Å²) in [6.45, 7) is 0. The van der Waals surface area contributed by atoms with Crippen molar-refractivity contribution in [3.05, 3.63) is 12.1 Å². The summed E-state index contributed by atoms with van der Waals surface area (Å²) < 4.78 is 16.0. The molecule has 0 unspecified atom stereocenters. The number of hydrogen-bond acceptors (Lipinski definition) is 4. The summed E-state index contributed by atoms with van der Waals surface area (Å²) in [5, 5.41) is 6.27. The number of ether oxygens (including phenoxy) is 3. The van der Waals surface area contributed by atoms with Gasteiger partial charge in [0, 0.05) is 17.7 Å². The Hall–Kier alpha value is -2.11. The minimum absolute atomic E-state index is 0.0144. The Kier molecular flexibility index (Phi) is 4.37. The summed E-state index contributed by atoms with van der Waals surface area (Å²) in [5.41, 5.74) is 0.612. The molecular weight excluding hydrogens is 332 g/mol. The lowest BCUT2D eigenvalue weighted by Gasteiger charge is -2.56. The Morgan fingerprint density at radius 1 is 0.923 bits per heavy atom. The van der Waals surface area contributed by atoms with Crippen LogP contribution in [0.4, 0.5) is 10.5 Å². The molecule has 0 aromatic heterocycles. The third-order valence-electron chi connectivity index (χ3n) is 6.34. The SMILES string of the molecule is COc1cc(NC(=O)NC23CC4CC(CC(C4)C2)C3)cc(OC)c1OC. The van der Waals surface area contributed by atoms with Crippen LogP contribution in [0.15, 0.2) is 12.1 Å². The van der Waals surface area contributed by atoms with E-state index in [2.05, 4.69) is 10.6 Å². The molecule has 5 rings (SSSR count). The number of nitrogens with one attached hydrogen (secondary N) is 2. The van der Waals surface area contributed by atoms with Crippen LogP contribution in [-0.4, -0.2) is 32.9 Å². The van der Waals surface area contributed by atoms with Gasteiger partial charge in [0.15, 0.2) is 11.5 Å². The first-order valence-corrected chi connectivity index (χ1v) is 9.43. The van der Waals surface area contributed by atoms with Crippen LogP contribution >= 0.6 is 0 Å². The van der Waals surface area contributed by atoms with E-state index in [4.69, 9.17) is 14.2 Å². The van der Waals surface area contributed by atoms with Crippen LogP contribution < -0.4 is 24.8 Å². The van der Waals surface area contributed by atoms with Gasteiger partial charge in [-0.3, -0.25) is 0 Å². The van der Waals surface area contributed by atoms with E-state index in [0.717, 1.165) is 37.0 Å². The predicted molar refractivity (Wildman–Crippen MR) is 99.2 cm³/mol. The van der Waals surface area contributed by atoms with Gasteiger partial charge in [-0.05, 0) is 56.3 Å². The van der Waals surface area contributed by atoms with E-state index in [1.54, 1.807) is 33.5 Å². The molecular formula is C20H28N2O4. The first-order valence-electron chi connectivity index (χ1n) is 9.43. The van der Waals surface area contributed by atoms with Crippen LogP contribution in [0.2, 0.25) is 0 Å². The second-order valence-corrected chi connectivity index (χ2v) is 8.19. The lowest BCUT2D eigenvalue weighted by atomic mass is 9.53. The van der Waals surface area contributed by atoms with Crippen molar-refractivity contribution >= 4 is 11.7 Å². The highest BCUT2D eigenvalue weighted by Gasteiger charge is 2.51. The molecule has 4 aliphatic rings. The minimum Gasteiger partial charge on any atom is -0.493 e. The summed E-state index contributed by atoms with van der Waals surface area (Å²) >= 11 is 0. The summed E-state index contributed by atoms with van der Waals surface area (Å²) in [7, 11) is 4.69. The van der Waals surface area contributed by atoms with Crippen molar-refractivity contribution in [3.63, 3.8) is 0 Å². The van der Waals surface area contributed by atoms with Gasteiger partial charge < -0.3 is 24.8 Å². The molecule has 4 fully saturated rings. The van der Waals surface area contributed by atoms with Gasteiger partial charge in [-0.15, -0.1) is 0 Å². The van der Waals surface area contributed by atoms with Gasteiger partial charge in [-0.25, -0.2) is 4.79 Å². The van der Waals surface area contributed by atoms with Gasteiger partial charge in [0.1, 0.15) is 0 Å². The maximum absolute atomic E-state index is 12.7. The number of anilines is 1. The van der Waals surface area contributed by atoms with Gasteiger partial charge in [-0.2, -0.15) is 0 Å². The molecule has 0 radical (unpaired) electrons. The van der Waals surface area contributed by atoms with E-state index < -0.39 is 0 Å². The molecule has 4 saturated carbocycles. The molecule has 26 heavy (non-hydrogen) atoms. The highest BCUT2D eigenvalue weighted by atomic mass is 16.5. The summed E-state index contributed by atoms with van der Waals surface area (Å²) in [6, 6.07) is 3.35. The number of urea groups is 1. The molecule has 0 saturated heterocycles. The highest BCUT2D eigenvalue weighted by molar-refractivity contribution is 5.90. The van der Waals surface area contributed by atoms with Crippen LogP contribution in [0.25, 0.3) is 0 Å². The van der Waals surface area contributed by atoms with Crippen molar-refractivity contribution in [2.75, 3.05) is 26.6 Å². The molecule has 1 aromatic rings. The second kappa shape index (κ2) is 6.56. The third kappa shape index (κ3) is 3.06. The van der Waals surface area contributed by atoms with Crippen molar-refractivity contribution in [1.82, 2.24) is 5.32 Å². The third-order valence-corrected chi connectivity index (χ3v) is 6.34. The van der Waals surface area contributed by atoms with Gasteiger partial charge in [0.05, 0.1) is 27.0 Å². The van der Waals surface area contributed by atoms with Crippen molar-refractivity contribution in [2.24, 2.45) is 17.8 Å². The number of amides is 2. The van der Waals surface area contributed by atoms with Crippen molar-refractivity contribution in [2.45, 2.75) is 44.1 Å². The average molecular weight is 360 g/mol. The zero-order valence-corrected chi connectivity index (χ0v) is 15.8. The summed E-state index contributed by atoms with van der Waals surface area (Å²) in [6.07, 6.45) is 7.45. The van der Waals surface area contributed by atoms with Crippen molar-refractivity contribution in [3.8, 4) is 17.2 Å². The average Bonchev–Trinajstić information content (AvgIpc) is 2.58. The van der Waals surface area contributed by atoms with E-state index in [1.165, 1.54) is 19.3 Å². The van der Waals surface area contributed by atoms with Gasteiger partial charge in [0.25, 0.3) is 0 Å². The maximum Gasteiger partial charge on any atom is 0.319 e. The zero-order valence-electron chi connectivity index (χ0n) is 15.8. The van der Waals surface area contributed by atoms with Crippen LogP contribution in [0.5, 0.6) is 17.2 Å². The summed E-state index contributed by atoms with van der Waals surface area (Å²) in [4.78, 5) is 12.7. The topological polar surface area (TPSA) is 68.8 Å². The molecule has 0 heterocycles. The van der Waals surface area contributed by atoms with E-state index in [9.17, 15) is 4.79 Å². The van der Waals surface area contributed by atoms with Crippen molar-refractivity contribution in [1.29, 1.82) is 0 Å². The molecule has 6 heteroatoms. The zero-order chi connectivity index (χ0) is 18.3. The van der Waals surface area contributed by atoms with E-state index in [0.29, 0.717) is 22.9 Å². The lowest BCUT2D eigenvalue weighted by molar-refractivity contribution is -0.0127. The predicted octanol–water partition coefficient (Wildman–Crippen LogP) is 3.80. The van der Waals surface area contributed by atoms with E-state index >= 15 is 0 Å².